The summed E-state index contributed by atoms with van der Waals surface area (Å²) in [6.45, 7) is 10.2. The van der Waals surface area contributed by atoms with Crippen LogP contribution in [0.1, 0.15) is 61.9 Å². The Hall–Kier alpha value is -1.06. The second-order valence-corrected chi connectivity index (χ2v) is 8.86. The fraction of sp³-hybridized carbons (Fsp3) is 0.667. The highest BCUT2D eigenvalue weighted by molar-refractivity contribution is 6.33. The third-order valence-corrected chi connectivity index (χ3v) is 6.30. The zero-order chi connectivity index (χ0) is 18.0. The summed E-state index contributed by atoms with van der Waals surface area (Å²) in [5.74, 6) is 0.780. The molecular weight excluding hydrogens is 332 g/mol. The lowest BCUT2D eigenvalue weighted by Gasteiger charge is -2.33. The zero-order valence-corrected chi connectivity index (χ0v) is 16.5. The molecule has 0 radical (unpaired) electrons. The maximum absolute atomic E-state index is 12.6. The molecule has 25 heavy (non-hydrogen) atoms. The highest BCUT2D eigenvalue weighted by atomic mass is 35.5. The minimum Gasteiger partial charge on any atom is -0.349 e. The van der Waals surface area contributed by atoms with E-state index in [0.29, 0.717) is 22.0 Å². The van der Waals surface area contributed by atoms with Crippen molar-refractivity contribution in [2.45, 2.75) is 58.9 Å². The highest BCUT2D eigenvalue weighted by Gasteiger charge is 2.55. The van der Waals surface area contributed by atoms with Crippen LogP contribution in [0.25, 0.3) is 0 Å². The number of carbonyl (C=O) groups excluding carboxylic acids is 1. The van der Waals surface area contributed by atoms with E-state index in [0.717, 1.165) is 17.9 Å². The van der Waals surface area contributed by atoms with Gasteiger partial charge in [0.15, 0.2) is 0 Å². The number of amides is 1. The van der Waals surface area contributed by atoms with Gasteiger partial charge in [0.1, 0.15) is 0 Å². The van der Waals surface area contributed by atoms with E-state index in [1.807, 2.05) is 25.1 Å². The van der Waals surface area contributed by atoms with E-state index in [2.05, 4.69) is 24.1 Å². The van der Waals surface area contributed by atoms with Crippen molar-refractivity contribution in [3.8, 4) is 0 Å². The largest absolute Gasteiger partial charge is 0.349 e. The topological polar surface area (TPSA) is 32.3 Å². The molecule has 1 aromatic carbocycles. The van der Waals surface area contributed by atoms with Crippen molar-refractivity contribution in [3.63, 3.8) is 0 Å². The summed E-state index contributed by atoms with van der Waals surface area (Å²) in [7, 11) is 0. The summed E-state index contributed by atoms with van der Waals surface area (Å²) in [4.78, 5) is 15.2. The van der Waals surface area contributed by atoms with E-state index in [1.165, 1.54) is 45.3 Å². The number of nitrogens with one attached hydrogen (secondary N) is 1. The van der Waals surface area contributed by atoms with Gasteiger partial charge in [-0.15, -0.1) is 0 Å². The summed E-state index contributed by atoms with van der Waals surface area (Å²) in [6.07, 6.45) is 6.17. The Morgan fingerprint density at radius 1 is 1.36 bits per heavy atom. The first kappa shape index (κ1) is 18.7. The normalized spacial score (nSPS) is 22.4. The molecule has 1 atom stereocenters. The van der Waals surface area contributed by atoms with E-state index >= 15 is 0 Å². The fourth-order valence-electron chi connectivity index (χ4n) is 4.10. The minimum atomic E-state index is -0.0186. The van der Waals surface area contributed by atoms with Gasteiger partial charge >= 0.3 is 0 Å². The van der Waals surface area contributed by atoms with Gasteiger partial charge in [-0.25, -0.2) is 0 Å². The van der Waals surface area contributed by atoms with Gasteiger partial charge in [-0.05, 0) is 82.1 Å². The Morgan fingerprint density at radius 2 is 2.08 bits per heavy atom. The number of halogens is 1. The number of aryl methyl sites for hydroxylation is 1. The number of likely N-dealkylation sites (tertiary alicyclic amines) is 1. The molecule has 138 valence electrons. The average molecular weight is 363 g/mol. The summed E-state index contributed by atoms with van der Waals surface area (Å²) in [5, 5.41) is 3.77. The standard InChI is InChI=1S/C21H31ClN2O/c1-15(2)5-4-10-24-11-8-21(9-12-24)14-19(21)23-20(25)17-13-16(3)6-7-18(17)22/h6-7,13,15,19H,4-5,8-12,14H2,1-3H3,(H,23,25)/t19-/m0/s1. The van der Waals surface area contributed by atoms with Gasteiger partial charge in [0.05, 0.1) is 10.6 Å². The molecule has 3 nitrogen and oxygen atoms in total. The van der Waals surface area contributed by atoms with E-state index in [4.69, 9.17) is 11.6 Å². The van der Waals surface area contributed by atoms with Crippen LogP contribution in [-0.2, 0) is 0 Å². The Morgan fingerprint density at radius 3 is 2.76 bits per heavy atom. The van der Waals surface area contributed by atoms with Crippen LogP contribution in [0, 0.1) is 18.3 Å². The van der Waals surface area contributed by atoms with Crippen molar-refractivity contribution < 1.29 is 4.79 Å². The molecule has 1 aromatic rings. The zero-order valence-electron chi connectivity index (χ0n) is 15.8. The van der Waals surface area contributed by atoms with E-state index in [1.54, 1.807) is 0 Å². The van der Waals surface area contributed by atoms with Crippen LogP contribution in [0.5, 0.6) is 0 Å². The predicted octanol–water partition coefficient (Wildman–Crippen LogP) is 4.67. The third kappa shape index (κ3) is 4.57. The summed E-state index contributed by atoms with van der Waals surface area (Å²) in [5.41, 5.74) is 2.02. The molecule has 1 N–H and O–H groups in total. The van der Waals surface area contributed by atoms with Gasteiger partial charge < -0.3 is 10.2 Å². The molecule has 1 saturated carbocycles. The maximum Gasteiger partial charge on any atom is 0.253 e. The Kier molecular flexibility index (Phi) is 5.75. The molecular formula is C21H31ClN2O. The van der Waals surface area contributed by atoms with Crippen LogP contribution >= 0.6 is 11.6 Å². The second-order valence-electron chi connectivity index (χ2n) is 8.45. The van der Waals surface area contributed by atoms with Crippen LogP contribution < -0.4 is 5.32 Å². The Labute approximate surface area is 157 Å². The molecule has 1 heterocycles. The second kappa shape index (κ2) is 7.67. The Balaban J connectivity index is 1.47. The minimum absolute atomic E-state index is 0.0186. The number of hydrogen-bond acceptors (Lipinski definition) is 2. The van der Waals surface area contributed by atoms with E-state index in [9.17, 15) is 4.79 Å². The van der Waals surface area contributed by atoms with E-state index < -0.39 is 0 Å². The van der Waals surface area contributed by atoms with Gasteiger partial charge in [0.25, 0.3) is 5.91 Å². The van der Waals surface area contributed by atoms with Crippen LogP contribution in [0.2, 0.25) is 5.02 Å². The number of carbonyl (C=O) groups is 1. The number of rotatable bonds is 6. The smallest absolute Gasteiger partial charge is 0.253 e. The summed E-state index contributed by atoms with van der Waals surface area (Å²) < 4.78 is 0. The number of nitrogens with zero attached hydrogens (tertiary/aromatic N) is 1. The molecule has 4 heteroatoms. The summed E-state index contributed by atoms with van der Waals surface area (Å²) in [6, 6.07) is 5.95. The number of piperidine rings is 1. The first-order valence-electron chi connectivity index (χ1n) is 9.69. The monoisotopic (exact) mass is 362 g/mol. The number of hydrogen-bond donors (Lipinski definition) is 1. The van der Waals surface area contributed by atoms with E-state index in [-0.39, 0.29) is 5.91 Å². The Bertz CT molecular complexity index is 620. The molecule has 1 aliphatic heterocycles. The number of benzene rings is 1. The van der Waals surface area contributed by atoms with Crippen LogP contribution in [-0.4, -0.2) is 36.5 Å². The quantitative estimate of drug-likeness (QED) is 0.797. The van der Waals surface area contributed by atoms with Gasteiger partial charge in [-0.3, -0.25) is 4.79 Å². The van der Waals surface area contributed by atoms with Gasteiger partial charge in [-0.1, -0.05) is 37.1 Å². The lowest BCUT2D eigenvalue weighted by Crippen LogP contribution is -2.39. The average Bonchev–Trinajstić information content (AvgIpc) is 3.23. The lowest BCUT2D eigenvalue weighted by molar-refractivity contribution is 0.0934. The van der Waals surface area contributed by atoms with Crippen LogP contribution in [0.4, 0.5) is 0 Å². The molecule has 1 aliphatic carbocycles. The molecule has 0 aromatic heterocycles. The molecule has 2 aliphatic rings. The third-order valence-electron chi connectivity index (χ3n) is 5.97. The lowest BCUT2D eigenvalue weighted by atomic mass is 9.92. The van der Waals surface area contributed by atoms with Crippen LogP contribution in [0.3, 0.4) is 0 Å². The SMILES string of the molecule is Cc1ccc(Cl)c(C(=O)N[C@H]2CC23CCN(CCCC(C)C)CC3)c1. The van der Waals surface area contributed by atoms with Crippen molar-refractivity contribution in [2.24, 2.45) is 11.3 Å². The van der Waals surface area contributed by atoms with Crippen molar-refractivity contribution >= 4 is 17.5 Å². The van der Waals surface area contributed by atoms with Crippen molar-refractivity contribution in [2.75, 3.05) is 19.6 Å². The predicted molar refractivity (Wildman–Crippen MR) is 104 cm³/mol. The molecule has 1 spiro atoms. The van der Waals surface area contributed by atoms with Gasteiger partial charge in [-0.2, -0.15) is 0 Å². The molecule has 0 bridgehead atoms. The van der Waals surface area contributed by atoms with Crippen molar-refractivity contribution in [3.05, 3.63) is 34.3 Å². The molecule has 1 saturated heterocycles. The molecule has 1 amide bonds. The molecule has 3 rings (SSSR count). The van der Waals surface area contributed by atoms with Gasteiger partial charge in [0, 0.05) is 6.04 Å². The first-order valence-corrected chi connectivity index (χ1v) is 10.1. The summed E-state index contributed by atoms with van der Waals surface area (Å²) >= 11 is 6.19. The van der Waals surface area contributed by atoms with Crippen molar-refractivity contribution in [1.29, 1.82) is 0 Å². The molecule has 0 unspecified atom stereocenters. The highest BCUT2D eigenvalue weighted by Crippen LogP contribution is 2.54. The fourth-order valence-corrected chi connectivity index (χ4v) is 4.30. The maximum atomic E-state index is 12.6. The first-order chi connectivity index (χ1) is 11.9. The van der Waals surface area contributed by atoms with Crippen LogP contribution in [0.15, 0.2) is 18.2 Å². The van der Waals surface area contributed by atoms with Crippen molar-refractivity contribution in [1.82, 2.24) is 10.2 Å². The van der Waals surface area contributed by atoms with Gasteiger partial charge in [0.2, 0.25) is 0 Å². The molecule has 2 fully saturated rings.